The van der Waals surface area contributed by atoms with E-state index in [9.17, 15) is 0 Å². The Hall–Kier alpha value is -2.13. The molecule has 3 nitrogen and oxygen atoms in total. The highest BCUT2D eigenvalue weighted by atomic mass is 15.0. The number of para-hydroxylation sites is 1. The van der Waals surface area contributed by atoms with Crippen LogP contribution in [0.2, 0.25) is 0 Å². The third-order valence-electron chi connectivity index (χ3n) is 4.13. The molecule has 106 valence electrons. The van der Waals surface area contributed by atoms with Crippen molar-refractivity contribution in [1.29, 1.82) is 0 Å². The summed E-state index contributed by atoms with van der Waals surface area (Å²) in [5.74, 6) is 0. The highest BCUT2D eigenvalue weighted by Crippen LogP contribution is 2.24. The molecular formula is C18H19N3. The number of nitrogens with zero attached hydrogens (tertiary/aromatic N) is 2. The first kappa shape index (κ1) is 12.6. The normalized spacial score (nSPS) is 14.7. The first-order valence-corrected chi connectivity index (χ1v) is 7.59. The van der Waals surface area contributed by atoms with Gasteiger partial charge in [0, 0.05) is 48.6 Å². The average Bonchev–Trinajstić information content (AvgIpc) is 3.30. The third-order valence-corrected chi connectivity index (χ3v) is 4.13. The molecule has 0 unspecified atom stereocenters. The van der Waals surface area contributed by atoms with Crippen LogP contribution in [0.5, 0.6) is 0 Å². The standard InChI is InChI=1S/C18H19N3/c1-2-4-18-17(3-1)15(11-20-16-5-6-16)13-21(18)12-14-7-9-19-10-8-14/h1-4,7-10,13,16,20H,5-6,11-12H2. The smallest absolute Gasteiger partial charge is 0.0486 e. The van der Waals surface area contributed by atoms with Gasteiger partial charge in [0.05, 0.1) is 0 Å². The molecule has 0 spiro atoms. The lowest BCUT2D eigenvalue weighted by Gasteiger charge is -2.04. The van der Waals surface area contributed by atoms with Gasteiger partial charge < -0.3 is 9.88 Å². The largest absolute Gasteiger partial charge is 0.343 e. The number of pyridine rings is 1. The number of hydrogen-bond acceptors (Lipinski definition) is 2. The van der Waals surface area contributed by atoms with Crippen LogP contribution in [0, 0.1) is 0 Å². The Morgan fingerprint density at radius 1 is 1.10 bits per heavy atom. The molecule has 1 fully saturated rings. The fraction of sp³-hybridized carbons (Fsp3) is 0.278. The molecule has 1 aliphatic carbocycles. The van der Waals surface area contributed by atoms with Crippen LogP contribution in [0.4, 0.5) is 0 Å². The SMILES string of the molecule is c1ccc2c(c1)c(CNC1CC1)cn2Cc1ccncc1. The molecule has 21 heavy (non-hydrogen) atoms. The predicted molar refractivity (Wildman–Crippen MR) is 85.1 cm³/mol. The number of rotatable bonds is 5. The van der Waals surface area contributed by atoms with E-state index in [1.165, 1.54) is 34.9 Å². The van der Waals surface area contributed by atoms with Crippen molar-refractivity contribution >= 4 is 10.9 Å². The number of fused-ring (bicyclic) bond motifs is 1. The van der Waals surface area contributed by atoms with Gasteiger partial charge in [-0.3, -0.25) is 4.98 Å². The summed E-state index contributed by atoms with van der Waals surface area (Å²) in [6.07, 6.45) is 8.67. The van der Waals surface area contributed by atoms with E-state index in [0.29, 0.717) is 0 Å². The van der Waals surface area contributed by atoms with Crippen LogP contribution in [0.15, 0.2) is 55.0 Å². The zero-order chi connectivity index (χ0) is 14.1. The first-order valence-electron chi connectivity index (χ1n) is 7.59. The molecule has 3 heteroatoms. The Labute approximate surface area is 124 Å². The van der Waals surface area contributed by atoms with Gasteiger partial charge in [-0.1, -0.05) is 18.2 Å². The molecule has 0 aliphatic heterocycles. The summed E-state index contributed by atoms with van der Waals surface area (Å²) in [6, 6.07) is 13.6. The second kappa shape index (κ2) is 5.34. The van der Waals surface area contributed by atoms with E-state index in [1.54, 1.807) is 0 Å². The van der Waals surface area contributed by atoms with Crippen LogP contribution in [-0.4, -0.2) is 15.6 Å². The van der Waals surface area contributed by atoms with Gasteiger partial charge in [-0.05, 0) is 42.2 Å². The number of hydrogen-bond donors (Lipinski definition) is 1. The number of benzene rings is 1. The van der Waals surface area contributed by atoms with Crippen LogP contribution in [0.1, 0.15) is 24.0 Å². The van der Waals surface area contributed by atoms with Crippen LogP contribution in [-0.2, 0) is 13.1 Å². The summed E-state index contributed by atoms with van der Waals surface area (Å²) in [7, 11) is 0. The molecule has 1 saturated carbocycles. The molecule has 1 N–H and O–H groups in total. The zero-order valence-electron chi connectivity index (χ0n) is 12.0. The molecule has 2 heterocycles. The zero-order valence-corrected chi connectivity index (χ0v) is 12.0. The van der Waals surface area contributed by atoms with Crippen molar-refractivity contribution in [3.8, 4) is 0 Å². The lowest BCUT2D eigenvalue weighted by molar-refractivity contribution is 0.687. The van der Waals surface area contributed by atoms with Crippen molar-refractivity contribution < 1.29 is 0 Å². The summed E-state index contributed by atoms with van der Waals surface area (Å²) in [5.41, 5.74) is 3.99. The van der Waals surface area contributed by atoms with Gasteiger partial charge >= 0.3 is 0 Å². The van der Waals surface area contributed by atoms with E-state index >= 15 is 0 Å². The molecule has 0 radical (unpaired) electrons. The average molecular weight is 277 g/mol. The molecule has 0 bridgehead atoms. The van der Waals surface area contributed by atoms with E-state index in [0.717, 1.165) is 19.1 Å². The second-order valence-electron chi connectivity index (χ2n) is 5.81. The maximum Gasteiger partial charge on any atom is 0.0486 e. The second-order valence-corrected chi connectivity index (χ2v) is 5.81. The summed E-state index contributed by atoms with van der Waals surface area (Å²) < 4.78 is 2.34. The molecular weight excluding hydrogens is 258 g/mol. The lowest BCUT2D eigenvalue weighted by Crippen LogP contribution is -2.14. The predicted octanol–water partition coefficient (Wildman–Crippen LogP) is 3.34. The Bertz CT molecular complexity index is 742. The first-order chi connectivity index (χ1) is 10.4. The van der Waals surface area contributed by atoms with E-state index < -0.39 is 0 Å². The van der Waals surface area contributed by atoms with Gasteiger partial charge in [-0.25, -0.2) is 0 Å². The Balaban J connectivity index is 1.67. The Kier molecular flexibility index (Phi) is 3.20. The van der Waals surface area contributed by atoms with Gasteiger partial charge in [0.25, 0.3) is 0 Å². The van der Waals surface area contributed by atoms with Crippen molar-refractivity contribution in [3.05, 3.63) is 66.1 Å². The fourth-order valence-electron chi connectivity index (χ4n) is 2.82. The van der Waals surface area contributed by atoms with Gasteiger partial charge in [0.15, 0.2) is 0 Å². The minimum atomic E-state index is 0.743. The fourth-order valence-corrected chi connectivity index (χ4v) is 2.82. The quantitative estimate of drug-likeness (QED) is 0.775. The van der Waals surface area contributed by atoms with E-state index in [4.69, 9.17) is 0 Å². The molecule has 0 amide bonds. The van der Waals surface area contributed by atoms with Gasteiger partial charge in [-0.15, -0.1) is 0 Å². The van der Waals surface area contributed by atoms with Crippen molar-refractivity contribution in [2.24, 2.45) is 0 Å². The number of aromatic nitrogens is 2. The van der Waals surface area contributed by atoms with Crippen LogP contribution >= 0.6 is 0 Å². The van der Waals surface area contributed by atoms with Crippen LogP contribution in [0.3, 0.4) is 0 Å². The van der Waals surface area contributed by atoms with Crippen LogP contribution < -0.4 is 5.32 Å². The molecule has 4 rings (SSSR count). The summed E-state index contributed by atoms with van der Waals surface area (Å²) in [6.45, 7) is 1.86. The molecule has 1 aliphatic rings. The van der Waals surface area contributed by atoms with Crippen LogP contribution in [0.25, 0.3) is 10.9 Å². The van der Waals surface area contributed by atoms with Crippen molar-refractivity contribution in [1.82, 2.24) is 14.9 Å². The van der Waals surface area contributed by atoms with Gasteiger partial charge in [-0.2, -0.15) is 0 Å². The molecule has 0 saturated heterocycles. The van der Waals surface area contributed by atoms with E-state index in [1.807, 2.05) is 12.4 Å². The lowest BCUT2D eigenvalue weighted by atomic mass is 10.2. The minimum absolute atomic E-state index is 0.743. The maximum absolute atomic E-state index is 4.09. The summed E-state index contributed by atoms with van der Waals surface area (Å²) in [4.78, 5) is 4.09. The van der Waals surface area contributed by atoms with E-state index in [-0.39, 0.29) is 0 Å². The number of nitrogens with one attached hydrogen (secondary N) is 1. The Morgan fingerprint density at radius 2 is 1.90 bits per heavy atom. The Morgan fingerprint density at radius 3 is 2.71 bits per heavy atom. The van der Waals surface area contributed by atoms with Gasteiger partial charge in [0.1, 0.15) is 0 Å². The third kappa shape index (κ3) is 2.69. The highest BCUT2D eigenvalue weighted by molar-refractivity contribution is 5.84. The molecule has 1 aromatic carbocycles. The highest BCUT2D eigenvalue weighted by Gasteiger charge is 2.20. The monoisotopic (exact) mass is 277 g/mol. The van der Waals surface area contributed by atoms with Crippen molar-refractivity contribution in [2.75, 3.05) is 0 Å². The van der Waals surface area contributed by atoms with Crippen molar-refractivity contribution in [2.45, 2.75) is 32.0 Å². The molecule has 0 atom stereocenters. The summed E-state index contributed by atoms with van der Waals surface area (Å²) >= 11 is 0. The minimum Gasteiger partial charge on any atom is -0.343 e. The van der Waals surface area contributed by atoms with E-state index in [2.05, 4.69) is 57.5 Å². The maximum atomic E-state index is 4.09. The molecule has 2 aromatic heterocycles. The summed E-state index contributed by atoms with van der Waals surface area (Å²) in [5, 5.41) is 4.98. The van der Waals surface area contributed by atoms with Gasteiger partial charge in [0.2, 0.25) is 0 Å². The van der Waals surface area contributed by atoms with Crippen molar-refractivity contribution in [3.63, 3.8) is 0 Å². The topological polar surface area (TPSA) is 29.9 Å². The molecule has 3 aromatic rings.